The fourth-order valence-electron chi connectivity index (χ4n) is 5.50. The SMILES string of the molecule is CCC(=O)N1c2ccccc2C[C@H]1C(=O)NCCCN1CCC(N2CCCCC2)CC1. The van der Waals surface area contributed by atoms with Gasteiger partial charge in [-0.05, 0) is 76.5 Å². The molecule has 3 aliphatic rings. The van der Waals surface area contributed by atoms with E-state index in [0.29, 0.717) is 19.4 Å². The molecule has 0 unspecified atom stereocenters. The van der Waals surface area contributed by atoms with Crippen molar-refractivity contribution in [2.24, 2.45) is 0 Å². The largest absolute Gasteiger partial charge is 0.354 e. The first-order chi connectivity index (χ1) is 15.2. The van der Waals surface area contributed by atoms with Crippen LogP contribution in [0.1, 0.15) is 57.4 Å². The molecule has 6 heteroatoms. The number of hydrogen-bond acceptors (Lipinski definition) is 4. The zero-order valence-corrected chi connectivity index (χ0v) is 19.0. The summed E-state index contributed by atoms with van der Waals surface area (Å²) in [5.41, 5.74) is 1.98. The molecule has 6 nitrogen and oxygen atoms in total. The monoisotopic (exact) mass is 426 g/mol. The van der Waals surface area contributed by atoms with Gasteiger partial charge in [0.1, 0.15) is 6.04 Å². The maximum absolute atomic E-state index is 12.9. The van der Waals surface area contributed by atoms with E-state index in [9.17, 15) is 9.59 Å². The van der Waals surface area contributed by atoms with Gasteiger partial charge in [-0.2, -0.15) is 0 Å². The van der Waals surface area contributed by atoms with Gasteiger partial charge in [-0.15, -0.1) is 0 Å². The molecule has 1 aromatic carbocycles. The highest BCUT2D eigenvalue weighted by Crippen LogP contribution is 2.32. The Bertz CT molecular complexity index is 754. The number of piperidine rings is 2. The van der Waals surface area contributed by atoms with Crippen LogP contribution in [0.15, 0.2) is 24.3 Å². The van der Waals surface area contributed by atoms with Crippen LogP contribution in [0.4, 0.5) is 5.69 Å². The Morgan fingerprint density at radius 2 is 1.77 bits per heavy atom. The standard InChI is InChI=1S/C25H38N4O2/c1-2-24(30)29-22-10-5-4-9-20(22)19-23(29)25(31)26-13-8-14-27-17-11-21(12-18-27)28-15-6-3-7-16-28/h4-5,9-10,21,23H,2-3,6-8,11-19H2,1H3,(H,26,31)/t23-/m0/s1. The lowest BCUT2D eigenvalue weighted by Crippen LogP contribution is -2.49. The topological polar surface area (TPSA) is 55.9 Å². The number of anilines is 1. The van der Waals surface area contributed by atoms with E-state index in [1.54, 1.807) is 4.90 Å². The molecule has 2 amide bonds. The Morgan fingerprint density at radius 1 is 1.03 bits per heavy atom. The number of para-hydroxylation sites is 1. The van der Waals surface area contributed by atoms with Gasteiger partial charge in [0, 0.05) is 31.1 Å². The van der Waals surface area contributed by atoms with Crippen LogP contribution in [-0.4, -0.2) is 73.0 Å². The number of rotatable bonds is 7. The van der Waals surface area contributed by atoms with E-state index in [1.165, 1.54) is 58.3 Å². The number of hydrogen-bond donors (Lipinski definition) is 1. The second-order valence-corrected chi connectivity index (χ2v) is 9.28. The molecule has 0 radical (unpaired) electrons. The first-order valence-corrected chi connectivity index (χ1v) is 12.3. The minimum Gasteiger partial charge on any atom is -0.354 e. The summed E-state index contributed by atoms with van der Waals surface area (Å²) in [7, 11) is 0. The van der Waals surface area contributed by atoms with Crippen molar-refractivity contribution in [2.75, 3.05) is 44.2 Å². The highest BCUT2D eigenvalue weighted by Gasteiger charge is 2.37. The number of nitrogens with one attached hydrogen (secondary N) is 1. The molecule has 3 heterocycles. The maximum atomic E-state index is 12.9. The third kappa shape index (κ3) is 5.29. The van der Waals surface area contributed by atoms with Gasteiger partial charge >= 0.3 is 0 Å². The van der Waals surface area contributed by atoms with Gasteiger partial charge in [-0.1, -0.05) is 31.5 Å². The molecule has 0 saturated carbocycles. The normalized spacial score (nSPS) is 23.0. The number of amides is 2. The van der Waals surface area contributed by atoms with E-state index in [1.807, 2.05) is 31.2 Å². The summed E-state index contributed by atoms with van der Waals surface area (Å²) < 4.78 is 0. The molecular formula is C25H38N4O2. The number of fused-ring (bicyclic) bond motifs is 1. The van der Waals surface area contributed by atoms with Crippen molar-refractivity contribution >= 4 is 17.5 Å². The van der Waals surface area contributed by atoms with Crippen molar-refractivity contribution < 1.29 is 9.59 Å². The van der Waals surface area contributed by atoms with Crippen LogP contribution >= 0.6 is 0 Å². The summed E-state index contributed by atoms with van der Waals surface area (Å²) in [6, 6.07) is 8.24. The fraction of sp³-hybridized carbons (Fsp3) is 0.680. The summed E-state index contributed by atoms with van der Waals surface area (Å²) in [5, 5.41) is 3.10. The molecule has 1 aromatic rings. The molecule has 0 aromatic heterocycles. The molecule has 31 heavy (non-hydrogen) atoms. The number of likely N-dealkylation sites (tertiary alicyclic amines) is 2. The predicted molar refractivity (Wildman–Crippen MR) is 124 cm³/mol. The number of carbonyl (C=O) groups is 2. The Labute approximate surface area is 187 Å². The Kier molecular flexibility index (Phi) is 7.62. The average molecular weight is 427 g/mol. The number of nitrogens with zero attached hydrogens (tertiary/aromatic N) is 3. The summed E-state index contributed by atoms with van der Waals surface area (Å²) in [5.74, 6) is -0.0107. The van der Waals surface area contributed by atoms with Gasteiger partial charge in [0.2, 0.25) is 11.8 Å². The summed E-state index contributed by atoms with van der Waals surface area (Å²) in [6.07, 6.45) is 8.67. The lowest BCUT2D eigenvalue weighted by Gasteiger charge is -2.40. The Morgan fingerprint density at radius 3 is 2.52 bits per heavy atom. The summed E-state index contributed by atoms with van der Waals surface area (Å²) in [6.45, 7) is 8.49. The first kappa shape index (κ1) is 22.3. The van der Waals surface area contributed by atoms with Crippen LogP contribution in [-0.2, 0) is 16.0 Å². The molecule has 2 fully saturated rings. The van der Waals surface area contributed by atoms with Crippen molar-refractivity contribution in [3.8, 4) is 0 Å². The van der Waals surface area contributed by atoms with E-state index in [0.717, 1.165) is 30.3 Å². The van der Waals surface area contributed by atoms with E-state index in [-0.39, 0.29) is 11.8 Å². The van der Waals surface area contributed by atoms with E-state index in [2.05, 4.69) is 15.1 Å². The quantitative estimate of drug-likeness (QED) is 0.682. The van der Waals surface area contributed by atoms with E-state index in [4.69, 9.17) is 0 Å². The minimum atomic E-state index is -0.412. The molecule has 0 aliphatic carbocycles. The zero-order chi connectivity index (χ0) is 21.6. The first-order valence-electron chi connectivity index (χ1n) is 12.3. The van der Waals surface area contributed by atoms with Crippen molar-refractivity contribution in [1.82, 2.24) is 15.1 Å². The van der Waals surface area contributed by atoms with Crippen molar-refractivity contribution in [3.05, 3.63) is 29.8 Å². The summed E-state index contributed by atoms with van der Waals surface area (Å²) >= 11 is 0. The molecule has 0 bridgehead atoms. The molecular weight excluding hydrogens is 388 g/mol. The second kappa shape index (κ2) is 10.6. The summed E-state index contributed by atoms with van der Waals surface area (Å²) in [4.78, 5) is 32.4. The fourth-order valence-corrected chi connectivity index (χ4v) is 5.50. The lowest BCUT2D eigenvalue weighted by atomic mass is 10.00. The van der Waals surface area contributed by atoms with Gasteiger partial charge in [-0.3, -0.25) is 14.5 Å². The third-order valence-electron chi connectivity index (χ3n) is 7.26. The Balaban J connectivity index is 1.19. The second-order valence-electron chi connectivity index (χ2n) is 9.28. The molecule has 1 atom stereocenters. The van der Waals surface area contributed by atoms with Crippen molar-refractivity contribution in [3.63, 3.8) is 0 Å². The van der Waals surface area contributed by atoms with Crippen LogP contribution in [0.25, 0.3) is 0 Å². The molecule has 170 valence electrons. The van der Waals surface area contributed by atoms with Gasteiger partial charge in [0.15, 0.2) is 0 Å². The van der Waals surface area contributed by atoms with E-state index < -0.39 is 6.04 Å². The molecule has 1 N–H and O–H groups in total. The van der Waals surface area contributed by atoms with Crippen LogP contribution in [0, 0.1) is 0 Å². The van der Waals surface area contributed by atoms with Gasteiger partial charge < -0.3 is 15.1 Å². The lowest BCUT2D eigenvalue weighted by molar-refractivity contribution is -0.126. The number of carbonyl (C=O) groups excluding carboxylic acids is 2. The molecule has 0 spiro atoms. The van der Waals surface area contributed by atoms with Crippen LogP contribution in [0.2, 0.25) is 0 Å². The average Bonchev–Trinajstić information content (AvgIpc) is 3.22. The zero-order valence-electron chi connectivity index (χ0n) is 19.0. The van der Waals surface area contributed by atoms with Crippen LogP contribution in [0.5, 0.6) is 0 Å². The predicted octanol–water partition coefficient (Wildman–Crippen LogP) is 2.81. The van der Waals surface area contributed by atoms with Gasteiger partial charge in [0.25, 0.3) is 0 Å². The maximum Gasteiger partial charge on any atom is 0.243 e. The van der Waals surface area contributed by atoms with Gasteiger partial charge in [0.05, 0.1) is 0 Å². The third-order valence-corrected chi connectivity index (χ3v) is 7.26. The van der Waals surface area contributed by atoms with E-state index >= 15 is 0 Å². The highest BCUT2D eigenvalue weighted by atomic mass is 16.2. The smallest absolute Gasteiger partial charge is 0.243 e. The highest BCUT2D eigenvalue weighted by molar-refractivity contribution is 6.03. The van der Waals surface area contributed by atoms with Gasteiger partial charge in [-0.25, -0.2) is 0 Å². The molecule has 3 aliphatic heterocycles. The minimum absolute atomic E-state index is 0.0154. The van der Waals surface area contributed by atoms with Crippen LogP contribution in [0.3, 0.4) is 0 Å². The van der Waals surface area contributed by atoms with Crippen molar-refractivity contribution in [2.45, 2.75) is 70.4 Å². The Hall–Kier alpha value is -1.92. The number of benzene rings is 1. The van der Waals surface area contributed by atoms with Crippen LogP contribution < -0.4 is 10.2 Å². The molecule has 4 rings (SSSR count). The molecule has 2 saturated heterocycles. The van der Waals surface area contributed by atoms with Crippen molar-refractivity contribution in [1.29, 1.82) is 0 Å².